The van der Waals surface area contributed by atoms with E-state index in [9.17, 15) is 18.1 Å². The number of rotatable bonds is 7. The Hall–Kier alpha value is -2.84. The molecule has 0 aliphatic heterocycles. The summed E-state index contributed by atoms with van der Waals surface area (Å²) in [5.74, 6) is 0. The second-order valence-electron chi connectivity index (χ2n) is 7.76. The van der Waals surface area contributed by atoms with Gasteiger partial charge in [0.2, 0.25) is 0 Å². The number of imidazole rings is 1. The number of benzene rings is 3. The van der Waals surface area contributed by atoms with Gasteiger partial charge in [0, 0.05) is 16.2 Å². The average Bonchev–Trinajstić information content (AvgIpc) is 3.09. The van der Waals surface area contributed by atoms with Gasteiger partial charge in [-0.3, -0.25) is 13.7 Å². The molecule has 0 spiro atoms. The lowest BCUT2D eigenvalue weighted by molar-refractivity contribution is 0.0557. The molecule has 10 heteroatoms. The largest absolute Gasteiger partial charge is 0.399 e. The summed E-state index contributed by atoms with van der Waals surface area (Å²) >= 11 is 3.00. The van der Waals surface area contributed by atoms with Crippen LogP contribution in [-0.2, 0) is 23.3 Å². The van der Waals surface area contributed by atoms with E-state index < -0.39 is 18.8 Å². The predicted molar refractivity (Wildman–Crippen MR) is 129 cm³/mol. The van der Waals surface area contributed by atoms with E-state index >= 15 is 0 Å². The van der Waals surface area contributed by atoms with Gasteiger partial charge in [-0.1, -0.05) is 88.7 Å². The summed E-state index contributed by atoms with van der Waals surface area (Å²) in [6, 6.07) is 22.5. The lowest BCUT2D eigenvalue weighted by Gasteiger charge is -2.19. The van der Waals surface area contributed by atoms with Crippen molar-refractivity contribution < 1.29 is 23.1 Å². The van der Waals surface area contributed by atoms with Crippen LogP contribution in [0.15, 0.2) is 94.3 Å². The van der Waals surface area contributed by atoms with Gasteiger partial charge in [-0.15, -0.1) is 0 Å². The fourth-order valence-corrected chi connectivity index (χ4v) is 4.99. The van der Waals surface area contributed by atoms with Crippen molar-refractivity contribution in [2.75, 3.05) is 0 Å². The van der Waals surface area contributed by atoms with Crippen molar-refractivity contribution in [2.45, 2.75) is 18.8 Å². The number of hydrogen-bond acceptors (Lipinski definition) is 2. The van der Waals surface area contributed by atoms with Crippen LogP contribution >= 0.6 is 23.5 Å². The maximum atomic E-state index is 14.2. The predicted octanol–water partition coefficient (Wildman–Crippen LogP) is 5.40. The van der Waals surface area contributed by atoms with Crippen LogP contribution in [0.5, 0.6) is 0 Å². The highest BCUT2D eigenvalue weighted by Gasteiger charge is 2.51. The number of alkyl halides is 2. The molecule has 2 N–H and O–H groups in total. The summed E-state index contributed by atoms with van der Waals surface area (Å²) in [7, 11) is -5.71. The molecular formula is C24H20BrF2N2O4P. The highest BCUT2D eigenvalue weighted by Crippen LogP contribution is 2.60. The second-order valence-corrected chi connectivity index (χ2v) is 10.3. The van der Waals surface area contributed by atoms with Gasteiger partial charge >= 0.3 is 18.9 Å². The molecule has 4 aromatic rings. The zero-order valence-electron chi connectivity index (χ0n) is 17.7. The summed E-state index contributed by atoms with van der Waals surface area (Å²) in [4.78, 5) is 31.4. The smallest absolute Gasteiger partial charge is 0.320 e. The zero-order chi connectivity index (χ0) is 24.5. The van der Waals surface area contributed by atoms with Crippen molar-refractivity contribution in [1.29, 1.82) is 0 Å². The fraction of sp³-hybridized carbons (Fsp3) is 0.125. The molecule has 1 heterocycles. The van der Waals surface area contributed by atoms with Crippen LogP contribution in [0.1, 0.15) is 16.7 Å². The normalized spacial score (nSPS) is 12.1. The molecule has 0 bridgehead atoms. The molecule has 4 rings (SSSR count). The lowest BCUT2D eigenvalue weighted by Crippen LogP contribution is -2.25. The number of halogens is 3. The van der Waals surface area contributed by atoms with Gasteiger partial charge < -0.3 is 9.79 Å². The quantitative estimate of drug-likeness (QED) is 0.303. The molecular weight excluding hydrogens is 529 g/mol. The SMILES string of the molecule is O=c1n(Cc2ccccc2)cc(-c2ccccc2)n1Cc1ccc(C(F)(F)P(=O)(O)O)c(Br)c1. The molecule has 0 unspecified atom stereocenters. The van der Waals surface area contributed by atoms with E-state index in [1.54, 1.807) is 15.3 Å². The molecule has 0 atom stereocenters. The van der Waals surface area contributed by atoms with E-state index in [-0.39, 0.29) is 16.7 Å². The van der Waals surface area contributed by atoms with Gasteiger partial charge in [-0.25, -0.2) is 4.79 Å². The molecule has 0 aliphatic rings. The minimum Gasteiger partial charge on any atom is -0.320 e. The minimum absolute atomic E-state index is 0.0746. The standard InChI is InChI=1S/C24H20BrF2N2O4P/c25-21-13-18(11-12-20(21)24(26,27)34(31,32)33)15-29-22(19-9-5-2-6-10-19)16-28(23(29)30)14-17-7-3-1-4-8-17/h1-13,16H,14-15H2,(H2,31,32,33). The van der Waals surface area contributed by atoms with E-state index in [4.69, 9.17) is 9.79 Å². The number of hydrogen-bond donors (Lipinski definition) is 2. The van der Waals surface area contributed by atoms with Crippen molar-refractivity contribution in [3.63, 3.8) is 0 Å². The molecule has 0 saturated carbocycles. The Morgan fingerprint density at radius 1 is 0.882 bits per heavy atom. The van der Waals surface area contributed by atoms with Crippen molar-refractivity contribution in [3.05, 3.63) is 117 Å². The van der Waals surface area contributed by atoms with Crippen LogP contribution in [0.2, 0.25) is 0 Å². The third kappa shape index (κ3) is 4.83. The molecule has 0 aliphatic carbocycles. The van der Waals surface area contributed by atoms with Crippen LogP contribution in [-0.4, -0.2) is 18.9 Å². The molecule has 0 amide bonds. The summed E-state index contributed by atoms with van der Waals surface area (Å²) in [6.07, 6.45) is 1.76. The second kappa shape index (κ2) is 9.43. The van der Waals surface area contributed by atoms with Crippen molar-refractivity contribution in [3.8, 4) is 11.3 Å². The molecule has 0 fully saturated rings. The Bertz CT molecular complexity index is 1420. The van der Waals surface area contributed by atoms with Gasteiger partial charge in [0.05, 0.1) is 18.8 Å². The zero-order valence-corrected chi connectivity index (χ0v) is 20.2. The summed E-state index contributed by atoms with van der Waals surface area (Å²) in [6.45, 7) is 0.439. The first-order chi connectivity index (χ1) is 16.1. The molecule has 1 aromatic heterocycles. The molecule has 0 saturated heterocycles. The van der Waals surface area contributed by atoms with E-state index in [1.807, 2.05) is 60.7 Å². The number of nitrogens with zero attached hydrogens (tertiary/aromatic N) is 2. The topological polar surface area (TPSA) is 84.5 Å². The maximum Gasteiger partial charge on any atom is 0.399 e. The molecule has 34 heavy (non-hydrogen) atoms. The average molecular weight is 549 g/mol. The Kier molecular flexibility index (Phi) is 6.73. The van der Waals surface area contributed by atoms with Crippen molar-refractivity contribution in [2.24, 2.45) is 0 Å². The molecule has 176 valence electrons. The Morgan fingerprint density at radius 2 is 1.50 bits per heavy atom. The Balaban J connectivity index is 1.75. The fourth-order valence-electron chi connectivity index (χ4n) is 3.66. The highest BCUT2D eigenvalue weighted by atomic mass is 79.9. The minimum atomic E-state index is -5.71. The van der Waals surface area contributed by atoms with Gasteiger partial charge in [0.1, 0.15) is 0 Å². The molecule has 6 nitrogen and oxygen atoms in total. The lowest BCUT2D eigenvalue weighted by atomic mass is 10.1. The third-order valence-corrected chi connectivity index (χ3v) is 7.00. The van der Waals surface area contributed by atoms with E-state index in [1.165, 1.54) is 12.1 Å². The maximum absolute atomic E-state index is 14.2. The van der Waals surface area contributed by atoms with Crippen LogP contribution in [0.4, 0.5) is 8.78 Å². The molecule has 0 radical (unpaired) electrons. The van der Waals surface area contributed by atoms with Gasteiger partial charge in [0.15, 0.2) is 0 Å². The van der Waals surface area contributed by atoms with E-state index in [0.717, 1.165) is 17.2 Å². The first-order valence-electron chi connectivity index (χ1n) is 10.2. The first-order valence-corrected chi connectivity index (χ1v) is 12.6. The van der Waals surface area contributed by atoms with Gasteiger partial charge in [0.25, 0.3) is 0 Å². The van der Waals surface area contributed by atoms with Crippen LogP contribution < -0.4 is 5.69 Å². The summed E-state index contributed by atoms with van der Waals surface area (Å²) < 4.78 is 42.6. The summed E-state index contributed by atoms with van der Waals surface area (Å²) in [5, 5.41) is 0. The summed E-state index contributed by atoms with van der Waals surface area (Å²) in [5.41, 5.74) is -2.50. The van der Waals surface area contributed by atoms with Gasteiger partial charge in [-0.05, 0) is 22.8 Å². The first kappa shape index (κ1) is 24.3. The van der Waals surface area contributed by atoms with Crippen LogP contribution in [0, 0.1) is 0 Å². The highest BCUT2D eigenvalue weighted by molar-refractivity contribution is 9.10. The van der Waals surface area contributed by atoms with E-state index in [2.05, 4.69) is 15.9 Å². The van der Waals surface area contributed by atoms with Crippen LogP contribution in [0.3, 0.4) is 0 Å². The Labute approximate surface area is 202 Å². The number of aromatic nitrogens is 2. The van der Waals surface area contributed by atoms with Crippen LogP contribution in [0.25, 0.3) is 11.3 Å². The molecule has 3 aromatic carbocycles. The van der Waals surface area contributed by atoms with Gasteiger partial charge in [-0.2, -0.15) is 8.78 Å². The third-order valence-electron chi connectivity index (χ3n) is 5.37. The van der Waals surface area contributed by atoms with Crippen molar-refractivity contribution in [1.82, 2.24) is 9.13 Å². The Morgan fingerprint density at radius 3 is 2.09 bits per heavy atom. The monoisotopic (exact) mass is 548 g/mol. The van der Waals surface area contributed by atoms with E-state index in [0.29, 0.717) is 17.8 Å². The van der Waals surface area contributed by atoms with Crippen molar-refractivity contribution >= 4 is 23.5 Å².